The lowest BCUT2D eigenvalue weighted by Crippen LogP contribution is -2.37. The number of halogens is 2. The van der Waals surface area contributed by atoms with Gasteiger partial charge in [0.05, 0.1) is 13.1 Å². The van der Waals surface area contributed by atoms with Crippen molar-refractivity contribution in [1.82, 2.24) is 10.2 Å². The summed E-state index contributed by atoms with van der Waals surface area (Å²) in [5, 5.41) is 5.50. The lowest BCUT2D eigenvalue weighted by molar-refractivity contribution is -0.130. The summed E-state index contributed by atoms with van der Waals surface area (Å²) in [5.74, 6) is -1.54. The Labute approximate surface area is 163 Å². The molecule has 0 aliphatic heterocycles. The van der Waals surface area contributed by atoms with Crippen LogP contribution in [-0.4, -0.2) is 36.5 Å². The Morgan fingerprint density at radius 1 is 1.30 bits per heavy atom. The third-order valence-electron chi connectivity index (χ3n) is 4.14. The highest BCUT2D eigenvalue weighted by atomic mass is 32.1. The van der Waals surface area contributed by atoms with Gasteiger partial charge in [-0.2, -0.15) is 0 Å². The molecule has 1 aromatic heterocycles. The smallest absolute Gasteiger partial charge is 0.236 e. The number of hydrogen-bond acceptors (Lipinski definition) is 4. The number of rotatable bonds is 8. The first-order valence-electron chi connectivity index (χ1n) is 9.15. The molecule has 3 N–H and O–H groups in total. The Morgan fingerprint density at radius 2 is 2.07 bits per heavy atom. The lowest BCUT2D eigenvalue weighted by atomic mass is 10.2. The van der Waals surface area contributed by atoms with Gasteiger partial charge in [0, 0.05) is 17.5 Å². The van der Waals surface area contributed by atoms with Gasteiger partial charge < -0.3 is 16.0 Å². The Morgan fingerprint density at radius 3 is 2.63 bits per heavy atom. The van der Waals surface area contributed by atoms with Crippen molar-refractivity contribution in [2.75, 3.05) is 19.6 Å². The number of benzene rings is 1. The van der Waals surface area contributed by atoms with E-state index in [1.54, 1.807) is 18.3 Å². The van der Waals surface area contributed by atoms with Gasteiger partial charge in [-0.25, -0.2) is 8.78 Å². The van der Waals surface area contributed by atoms with Crippen molar-refractivity contribution in [3.8, 4) is 0 Å². The number of carbonyl (C=O) groups is 1. The molecule has 4 nitrogen and oxygen atoms in total. The fourth-order valence-corrected chi connectivity index (χ4v) is 3.20. The molecule has 0 unspecified atom stereocenters. The summed E-state index contributed by atoms with van der Waals surface area (Å²) in [7, 11) is 0. The third-order valence-corrected chi connectivity index (χ3v) is 5.01. The number of aryl methyl sites for hydroxylation is 1. The van der Waals surface area contributed by atoms with E-state index in [0.29, 0.717) is 6.54 Å². The average molecular weight is 396 g/mol. The Hall–Kier alpha value is -1.83. The molecule has 0 atom stereocenters. The van der Waals surface area contributed by atoms with Crippen LogP contribution in [0.3, 0.4) is 0 Å². The van der Waals surface area contributed by atoms with Gasteiger partial charge in [-0.05, 0) is 61.9 Å². The Balaban J connectivity index is 0.000000244. The van der Waals surface area contributed by atoms with Crippen LogP contribution in [0.25, 0.3) is 0 Å². The zero-order valence-corrected chi connectivity index (χ0v) is 16.4. The number of carbonyl (C=O) groups excluding carboxylic acids is 1. The summed E-state index contributed by atoms with van der Waals surface area (Å²) in [6.07, 6.45) is 3.61. The molecule has 0 radical (unpaired) electrons. The van der Waals surface area contributed by atoms with Crippen molar-refractivity contribution in [3.63, 3.8) is 0 Å². The molecule has 0 spiro atoms. The average Bonchev–Trinajstić information content (AvgIpc) is 3.34. The molecule has 1 amide bonds. The van der Waals surface area contributed by atoms with Gasteiger partial charge in [0.25, 0.3) is 0 Å². The van der Waals surface area contributed by atoms with E-state index in [2.05, 4.69) is 11.4 Å². The highest BCUT2D eigenvalue weighted by molar-refractivity contribution is 7.09. The number of nitrogens with two attached hydrogens (primary N) is 1. The maximum absolute atomic E-state index is 12.2. The van der Waals surface area contributed by atoms with E-state index in [4.69, 9.17) is 5.73 Å². The van der Waals surface area contributed by atoms with Crippen molar-refractivity contribution >= 4 is 17.2 Å². The van der Waals surface area contributed by atoms with Crippen LogP contribution in [0.2, 0.25) is 0 Å². The summed E-state index contributed by atoms with van der Waals surface area (Å²) in [6, 6.07) is 8.61. The molecular formula is C20H27F2N3OS. The van der Waals surface area contributed by atoms with Crippen molar-refractivity contribution in [3.05, 3.63) is 57.8 Å². The van der Waals surface area contributed by atoms with Crippen LogP contribution in [0, 0.1) is 18.6 Å². The van der Waals surface area contributed by atoms with Gasteiger partial charge in [-0.1, -0.05) is 12.1 Å². The molecule has 148 valence electrons. The maximum Gasteiger partial charge on any atom is 0.236 e. The SMILES string of the molecule is Cc1ccc(F)c(F)c1.NCC(=O)N(CCCNC1CC1)Cc1cccs1. The highest BCUT2D eigenvalue weighted by Gasteiger charge is 2.20. The van der Waals surface area contributed by atoms with Gasteiger partial charge in [0.2, 0.25) is 5.91 Å². The van der Waals surface area contributed by atoms with Crippen LogP contribution in [0.5, 0.6) is 0 Å². The summed E-state index contributed by atoms with van der Waals surface area (Å²) in [5.41, 5.74) is 6.19. The van der Waals surface area contributed by atoms with Crippen molar-refractivity contribution in [2.24, 2.45) is 5.73 Å². The predicted molar refractivity (Wildman–Crippen MR) is 106 cm³/mol. The van der Waals surface area contributed by atoms with E-state index in [0.717, 1.165) is 43.2 Å². The highest BCUT2D eigenvalue weighted by Crippen LogP contribution is 2.18. The summed E-state index contributed by atoms with van der Waals surface area (Å²) in [6.45, 7) is 4.28. The molecule has 1 aromatic carbocycles. The molecule has 1 aliphatic rings. The molecular weight excluding hydrogens is 368 g/mol. The van der Waals surface area contributed by atoms with Crippen molar-refractivity contribution < 1.29 is 13.6 Å². The minimum absolute atomic E-state index is 0.0369. The fraction of sp³-hybridized carbons (Fsp3) is 0.450. The second-order valence-electron chi connectivity index (χ2n) is 6.60. The molecule has 0 saturated heterocycles. The number of nitrogens with zero attached hydrogens (tertiary/aromatic N) is 1. The second-order valence-corrected chi connectivity index (χ2v) is 7.63. The molecule has 1 heterocycles. The van der Waals surface area contributed by atoms with Crippen LogP contribution in [-0.2, 0) is 11.3 Å². The maximum atomic E-state index is 12.2. The van der Waals surface area contributed by atoms with E-state index in [1.165, 1.54) is 23.8 Å². The first kappa shape index (κ1) is 21.5. The molecule has 1 fully saturated rings. The number of hydrogen-bond donors (Lipinski definition) is 2. The molecule has 7 heteroatoms. The Bertz CT molecular complexity index is 705. The number of amides is 1. The minimum Gasteiger partial charge on any atom is -0.336 e. The standard InChI is InChI=1S/C13H21N3OS.C7H6F2/c14-9-13(17)16(10-12-3-1-8-18-12)7-2-6-15-11-4-5-11;1-5-2-3-6(8)7(9)4-5/h1,3,8,11,15H,2,4-7,9-10,14H2;2-4H,1H3. The van der Waals surface area contributed by atoms with Crippen LogP contribution in [0.4, 0.5) is 8.78 Å². The topological polar surface area (TPSA) is 58.4 Å². The molecule has 1 aliphatic carbocycles. The second kappa shape index (κ2) is 11.1. The number of thiophene rings is 1. The predicted octanol–water partition coefficient (Wildman–Crippen LogP) is 3.45. The van der Waals surface area contributed by atoms with E-state index >= 15 is 0 Å². The van der Waals surface area contributed by atoms with Gasteiger partial charge in [-0.3, -0.25) is 4.79 Å². The van der Waals surface area contributed by atoms with Crippen LogP contribution >= 0.6 is 11.3 Å². The first-order chi connectivity index (χ1) is 13.0. The van der Waals surface area contributed by atoms with E-state index in [-0.39, 0.29) is 12.5 Å². The molecule has 3 rings (SSSR count). The molecule has 2 aromatic rings. The van der Waals surface area contributed by atoms with Crippen LogP contribution in [0.15, 0.2) is 35.7 Å². The van der Waals surface area contributed by atoms with Crippen LogP contribution in [0.1, 0.15) is 29.7 Å². The number of nitrogens with one attached hydrogen (secondary N) is 1. The van der Waals surface area contributed by atoms with Gasteiger partial charge in [0.1, 0.15) is 0 Å². The molecule has 1 saturated carbocycles. The van der Waals surface area contributed by atoms with Crippen molar-refractivity contribution in [2.45, 2.75) is 38.8 Å². The van der Waals surface area contributed by atoms with E-state index < -0.39 is 11.6 Å². The Kier molecular flexibility index (Phi) is 8.84. The summed E-state index contributed by atoms with van der Waals surface area (Å²) >= 11 is 1.68. The largest absolute Gasteiger partial charge is 0.336 e. The summed E-state index contributed by atoms with van der Waals surface area (Å²) in [4.78, 5) is 14.8. The zero-order valence-electron chi connectivity index (χ0n) is 15.6. The lowest BCUT2D eigenvalue weighted by Gasteiger charge is -2.21. The quantitative estimate of drug-likeness (QED) is 0.673. The molecule has 0 bridgehead atoms. The van der Waals surface area contributed by atoms with E-state index in [1.807, 2.05) is 16.3 Å². The fourth-order valence-electron chi connectivity index (χ4n) is 2.48. The van der Waals surface area contributed by atoms with Crippen LogP contribution < -0.4 is 11.1 Å². The third kappa shape index (κ3) is 8.15. The van der Waals surface area contributed by atoms with Gasteiger partial charge >= 0.3 is 0 Å². The zero-order chi connectivity index (χ0) is 19.6. The monoisotopic (exact) mass is 395 g/mol. The molecule has 27 heavy (non-hydrogen) atoms. The van der Waals surface area contributed by atoms with E-state index in [9.17, 15) is 13.6 Å². The first-order valence-corrected chi connectivity index (χ1v) is 10.0. The van der Waals surface area contributed by atoms with Crippen molar-refractivity contribution in [1.29, 1.82) is 0 Å². The minimum atomic E-state index is -0.791. The van der Waals surface area contributed by atoms with Gasteiger partial charge in [-0.15, -0.1) is 11.3 Å². The normalized spacial score (nSPS) is 13.0. The van der Waals surface area contributed by atoms with Gasteiger partial charge in [0.15, 0.2) is 11.6 Å². The summed E-state index contributed by atoms with van der Waals surface area (Å²) < 4.78 is 24.3.